The monoisotopic (exact) mass is 1520 g/mol. The van der Waals surface area contributed by atoms with Crippen LogP contribution in [-0.2, 0) is 4.79 Å². The minimum absolute atomic E-state index is 0.0746. The van der Waals surface area contributed by atoms with Gasteiger partial charge in [0.15, 0.2) is 0 Å². The molecule has 4 heterocycles. The lowest BCUT2D eigenvalue weighted by Gasteiger charge is -2.11. The van der Waals surface area contributed by atoms with Crippen molar-refractivity contribution in [2.24, 2.45) is 0 Å². The molecule has 568 valence electrons. The van der Waals surface area contributed by atoms with E-state index in [1.807, 2.05) is 213 Å². The number of amides is 1. The van der Waals surface area contributed by atoms with Crippen LogP contribution >= 0.6 is 0 Å². The van der Waals surface area contributed by atoms with Crippen LogP contribution in [0.25, 0.3) is 147 Å². The van der Waals surface area contributed by atoms with Gasteiger partial charge in [-0.1, -0.05) is 364 Å². The van der Waals surface area contributed by atoms with Crippen LogP contribution in [-0.4, -0.2) is 32.4 Å². The largest absolute Gasteiger partial charge is 0.494 e. The molecule has 1 N–H and O–H groups in total. The summed E-state index contributed by atoms with van der Waals surface area (Å²) in [6.45, 7) is 4.18. The van der Waals surface area contributed by atoms with Gasteiger partial charge in [0.05, 0.1) is 52.2 Å². The first-order chi connectivity index (χ1) is 58.2. The highest BCUT2D eigenvalue weighted by Gasteiger charge is 2.15. The third-order valence-electron chi connectivity index (χ3n) is 19.6. The molecule has 0 aliphatic carbocycles. The number of nitrogens with one attached hydrogen (secondary N) is 1. The Morgan fingerprint density at radius 2 is 0.449 bits per heavy atom. The minimum atomic E-state index is -0.0746. The second-order valence-corrected chi connectivity index (χ2v) is 28.0. The maximum Gasteiger partial charge on any atom is 0.221 e. The third kappa shape index (κ3) is 21.2. The van der Waals surface area contributed by atoms with Gasteiger partial charge in [-0.05, 0) is 160 Å². The van der Waals surface area contributed by atoms with Crippen LogP contribution in [0.3, 0.4) is 0 Å². The fourth-order valence-corrected chi connectivity index (χ4v) is 13.6. The summed E-state index contributed by atoms with van der Waals surface area (Å²) in [7, 11) is 0. The maximum absolute atomic E-state index is 11.3. The lowest BCUT2D eigenvalue weighted by atomic mass is 9.99. The minimum Gasteiger partial charge on any atom is -0.494 e. The summed E-state index contributed by atoms with van der Waals surface area (Å²) in [6, 6.07) is 153. The van der Waals surface area contributed by atoms with Crippen molar-refractivity contribution in [1.29, 1.82) is 0 Å². The van der Waals surface area contributed by atoms with Crippen LogP contribution in [0.2, 0.25) is 0 Å². The molecule has 0 unspecified atom stereocenters. The molecule has 118 heavy (non-hydrogen) atoms. The van der Waals surface area contributed by atoms with E-state index in [-0.39, 0.29) is 5.91 Å². The molecule has 18 rings (SSSR count). The first-order valence-electron chi connectivity index (χ1n) is 39.5. The van der Waals surface area contributed by atoms with Crippen molar-refractivity contribution in [3.63, 3.8) is 0 Å². The fourth-order valence-electron chi connectivity index (χ4n) is 13.6. The second-order valence-electron chi connectivity index (χ2n) is 28.0. The van der Waals surface area contributed by atoms with E-state index < -0.39 is 0 Å². The maximum atomic E-state index is 11.3. The first kappa shape index (κ1) is 77.8. The Kier molecular flexibility index (Phi) is 25.9. The van der Waals surface area contributed by atoms with Crippen LogP contribution in [0.1, 0.15) is 25.0 Å². The van der Waals surface area contributed by atoms with Gasteiger partial charge in [-0.25, -0.2) is 19.9 Å². The molecule has 0 atom stereocenters. The SMILES string of the molecule is C(=C\c1ccc(-c2cc(-c3ccccc3)nc(-c3ccccc3)c2)cc1)/c1ccccc1.CC(=O)Nc1ccc(-c2cc(-c3ccccc3)nc(-c3ccccc3)c2)cc1.CCOc1ccc(-c2cc(-c3ccccc3)nc(-c3ccccc3)c2)cc1.c1ccc(Oc2ccc(-c3cc(-c4ccccc4)nc(-c4ccccc4)c3)cc2)cc1. The number of pyridine rings is 4. The summed E-state index contributed by atoms with van der Waals surface area (Å²) >= 11 is 0. The summed E-state index contributed by atoms with van der Waals surface area (Å²) in [4.78, 5) is 31.0. The van der Waals surface area contributed by atoms with Gasteiger partial charge in [0.25, 0.3) is 0 Å². The van der Waals surface area contributed by atoms with Gasteiger partial charge in [-0.3, -0.25) is 4.79 Å². The summed E-state index contributed by atoms with van der Waals surface area (Å²) in [5.41, 5.74) is 28.7. The molecular formula is C110H85N5O3. The highest BCUT2D eigenvalue weighted by Crippen LogP contribution is 2.37. The van der Waals surface area contributed by atoms with Gasteiger partial charge in [0.2, 0.25) is 5.91 Å². The number of hydrogen-bond acceptors (Lipinski definition) is 7. The molecule has 0 aliphatic heterocycles. The van der Waals surface area contributed by atoms with Gasteiger partial charge in [0.1, 0.15) is 17.2 Å². The van der Waals surface area contributed by atoms with Crippen molar-refractivity contribution in [3.8, 4) is 152 Å². The van der Waals surface area contributed by atoms with Crippen LogP contribution in [0, 0.1) is 0 Å². The van der Waals surface area contributed by atoms with E-state index in [1.165, 1.54) is 23.6 Å². The van der Waals surface area contributed by atoms with Crippen LogP contribution < -0.4 is 14.8 Å². The van der Waals surface area contributed by atoms with Crippen molar-refractivity contribution in [2.45, 2.75) is 13.8 Å². The zero-order chi connectivity index (χ0) is 80.3. The fraction of sp³-hybridized carbons (Fsp3) is 0.0273. The molecule has 0 radical (unpaired) electrons. The zero-order valence-corrected chi connectivity index (χ0v) is 65.6. The topological polar surface area (TPSA) is 99.1 Å². The molecule has 0 bridgehead atoms. The van der Waals surface area contributed by atoms with E-state index in [0.29, 0.717) is 6.61 Å². The Balaban J connectivity index is 0.000000123. The van der Waals surface area contributed by atoms with Crippen LogP contribution in [0.15, 0.2) is 449 Å². The quantitative estimate of drug-likeness (QED) is 0.0805. The Morgan fingerprint density at radius 3 is 0.703 bits per heavy atom. The molecule has 14 aromatic carbocycles. The Hall–Kier alpha value is -15.5. The highest BCUT2D eigenvalue weighted by atomic mass is 16.5. The lowest BCUT2D eigenvalue weighted by molar-refractivity contribution is -0.114. The average molecular weight is 1520 g/mol. The Labute approximate surface area is 691 Å². The van der Waals surface area contributed by atoms with Crippen molar-refractivity contribution in [1.82, 2.24) is 19.9 Å². The normalized spacial score (nSPS) is 10.7. The van der Waals surface area contributed by atoms with Gasteiger partial charge in [-0.2, -0.15) is 0 Å². The van der Waals surface area contributed by atoms with E-state index in [4.69, 9.17) is 29.4 Å². The summed E-state index contributed by atoms with van der Waals surface area (Å²) in [5, 5.41) is 2.81. The predicted molar refractivity (Wildman–Crippen MR) is 490 cm³/mol. The molecular weight excluding hydrogens is 1440 g/mol. The highest BCUT2D eigenvalue weighted by molar-refractivity contribution is 5.89. The van der Waals surface area contributed by atoms with Crippen molar-refractivity contribution in [3.05, 3.63) is 460 Å². The smallest absolute Gasteiger partial charge is 0.221 e. The lowest BCUT2D eigenvalue weighted by Crippen LogP contribution is -2.05. The van der Waals surface area contributed by atoms with E-state index in [9.17, 15) is 4.79 Å². The molecule has 0 spiro atoms. The van der Waals surface area contributed by atoms with Gasteiger partial charge in [0, 0.05) is 57.1 Å². The molecule has 18 aromatic rings. The van der Waals surface area contributed by atoms with E-state index in [1.54, 1.807) is 0 Å². The van der Waals surface area contributed by atoms with Crippen LogP contribution in [0.5, 0.6) is 17.2 Å². The van der Waals surface area contributed by atoms with E-state index in [2.05, 4.69) is 260 Å². The van der Waals surface area contributed by atoms with Crippen molar-refractivity contribution >= 4 is 23.7 Å². The predicted octanol–water partition coefficient (Wildman–Crippen LogP) is 28.7. The Morgan fingerprint density at radius 1 is 0.237 bits per heavy atom. The number of anilines is 1. The molecule has 0 fully saturated rings. The number of para-hydroxylation sites is 1. The number of hydrogen-bond donors (Lipinski definition) is 1. The van der Waals surface area contributed by atoms with Gasteiger partial charge in [-0.15, -0.1) is 0 Å². The van der Waals surface area contributed by atoms with E-state index >= 15 is 0 Å². The molecule has 4 aromatic heterocycles. The number of carbonyl (C=O) groups excluding carboxylic acids is 1. The van der Waals surface area contributed by atoms with E-state index in [0.717, 1.165) is 152 Å². The molecule has 0 saturated heterocycles. The number of benzene rings is 14. The summed E-state index contributed by atoms with van der Waals surface area (Å²) < 4.78 is 11.5. The summed E-state index contributed by atoms with van der Waals surface area (Å²) in [5.74, 6) is 2.46. The molecule has 0 aliphatic rings. The zero-order valence-electron chi connectivity index (χ0n) is 65.6. The summed E-state index contributed by atoms with van der Waals surface area (Å²) in [6.07, 6.45) is 4.29. The number of carbonyl (C=O) groups is 1. The Bertz CT molecular complexity index is 6000. The molecule has 0 saturated carbocycles. The molecule has 1 amide bonds. The number of ether oxygens (including phenoxy) is 2. The second kappa shape index (κ2) is 39.3. The van der Waals surface area contributed by atoms with Gasteiger partial charge < -0.3 is 14.8 Å². The van der Waals surface area contributed by atoms with Crippen molar-refractivity contribution in [2.75, 3.05) is 11.9 Å². The van der Waals surface area contributed by atoms with Gasteiger partial charge >= 0.3 is 0 Å². The molecule has 8 heteroatoms. The number of aromatic nitrogens is 4. The molecule has 8 nitrogen and oxygen atoms in total. The van der Waals surface area contributed by atoms with Crippen LogP contribution in [0.4, 0.5) is 5.69 Å². The third-order valence-corrected chi connectivity index (χ3v) is 19.6. The number of nitrogens with zero attached hydrogens (tertiary/aromatic N) is 4. The average Bonchev–Trinajstić information content (AvgIpc) is 0.816. The standard InChI is InChI=1S/C31H23N.C29H21NO.C25H20N2O.C25H21NO/c1-4-10-24(11-5-1)16-17-25-18-20-26(21-19-25)29-22-30(27-12-6-2-7-13-27)32-31(23-29)28-14-8-3-9-15-28;1-4-10-23(11-5-1)28-20-25(21-29(30-28)24-12-6-2-7-13-24)22-16-18-27(19-17-22)31-26-14-8-3-9-15-26;1-18(28)26-23-14-12-19(13-15-23)22-16-24(20-8-4-2-5-9-20)27-25(17-22)21-10-6-3-7-11-21;1-2-27-23-15-13-19(14-16-23)22-17-24(20-9-5-3-6-10-20)26-25(18-22)21-11-7-4-8-12-21/h1-23H;1-21H;2-17H,1H3,(H,26,28);3-18H,2H2,1H3/b17-16+;;;. The first-order valence-corrected chi connectivity index (χ1v) is 39.5. The van der Waals surface area contributed by atoms with Crippen molar-refractivity contribution < 1.29 is 14.3 Å². The number of rotatable bonds is 19.